The zero-order chi connectivity index (χ0) is 57.8. The molecule has 0 rings (SSSR count). The lowest BCUT2D eigenvalue weighted by molar-refractivity contribution is -0.167. The quantitative estimate of drug-likeness (QED) is 0.0261. The smallest absolute Gasteiger partial charge is 0.306 e. The van der Waals surface area contributed by atoms with Crippen molar-refractivity contribution >= 4 is 17.9 Å². The second-order valence-electron chi connectivity index (χ2n) is 23.1. The van der Waals surface area contributed by atoms with Crippen molar-refractivity contribution in [3.8, 4) is 0 Å². The first-order valence-electron chi connectivity index (χ1n) is 34.6. The Morgan fingerprint density at radius 1 is 0.263 bits per heavy atom. The van der Waals surface area contributed by atoms with E-state index in [9.17, 15) is 14.4 Å². The minimum Gasteiger partial charge on any atom is -0.462 e. The molecule has 0 bridgehead atoms. The van der Waals surface area contributed by atoms with Gasteiger partial charge in [0.25, 0.3) is 0 Å². The van der Waals surface area contributed by atoms with Gasteiger partial charge < -0.3 is 14.2 Å². The lowest BCUT2D eigenvalue weighted by Gasteiger charge is -2.18. The van der Waals surface area contributed by atoms with Gasteiger partial charge in [0.2, 0.25) is 0 Å². The molecule has 6 nitrogen and oxygen atoms in total. The van der Waals surface area contributed by atoms with Crippen LogP contribution >= 0.6 is 0 Å². The highest BCUT2D eigenvalue weighted by Crippen LogP contribution is 2.18. The van der Waals surface area contributed by atoms with Crippen molar-refractivity contribution in [2.24, 2.45) is 0 Å². The largest absolute Gasteiger partial charge is 0.462 e. The molecule has 0 aliphatic carbocycles. The number of unbranched alkanes of at least 4 members (excludes halogenated alkanes) is 38. The average Bonchev–Trinajstić information content (AvgIpc) is 3.46. The van der Waals surface area contributed by atoms with E-state index < -0.39 is 6.10 Å². The third-order valence-electron chi connectivity index (χ3n) is 15.2. The van der Waals surface area contributed by atoms with E-state index in [0.29, 0.717) is 19.3 Å². The summed E-state index contributed by atoms with van der Waals surface area (Å²) >= 11 is 0. The van der Waals surface area contributed by atoms with Gasteiger partial charge in [0.1, 0.15) is 13.2 Å². The van der Waals surface area contributed by atoms with Crippen LogP contribution in [0.4, 0.5) is 0 Å². The van der Waals surface area contributed by atoms with Crippen LogP contribution in [0.5, 0.6) is 0 Å². The molecule has 6 heteroatoms. The number of allylic oxidation sites excluding steroid dienone is 14. The van der Waals surface area contributed by atoms with Crippen molar-refractivity contribution in [1.82, 2.24) is 0 Å². The minimum atomic E-state index is -0.804. The highest BCUT2D eigenvalue weighted by Gasteiger charge is 2.19. The van der Waals surface area contributed by atoms with Crippen LogP contribution in [0.15, 0.2) is 85.1 Å². The van der Waals surface area contributed by atoms with Gasteiger partial charge in [-0.2, -0.15) is 0 Å². The van der Waals surface area contributed by atoms with E-state index in [-0.39, 0.29) is 37.5 Å². The van der Waals surface area contributed by atoms with E-state index in [2.05, 4.69) is 106 Å². The van der Waals surface area contributed by atoms with Crippen molar-refractivity contribution in [1.29, 1.82) is 0 Å². The fourth-order valence-corrected chi connectivity index (χ4v) is 10.0. The van der Waals surface area contributed by atoms with Crippen LogP contribution in [0.3, 0.4) is 0 Å². The Labute approximate surface area is 496 Å². The molecule has 0 aromatic heterocycles. The molecule has 1 unspecified atom stereocenters. The van der Waals surface area contributed by atoms with Crippen LogP contribution < -0.4 is 0 Å². The van der Waals surface area contributed by atoms with Crippen LogP contribution in [-0.2, 0) is 28.6 Å². The second-order valence-corrected chi connectivity index (χ2v) is 23.1. The van der Waals surface area contributed by atoms with Gasteiger partial charge in [-0.25, -0.2) is 0 Å². The second kappa shape index (κ2) is 68.1. The summed E-state index contributed by atoms with van der Waals surface area (Å²) < 4.78 is 16.7. The number of esters is 3. The summed E-state index contributed by atoms with van der Waals surface area (Å²) in [6.45, 7) is 6.43. The Balaban J connectivity index is 3.98. The predicted octanol–water partition coefficient (Wildman–Crippen LogP) is 23.8. The van der Waals surface area contributed by atoms with Crippen molar-refractivity contribution in [2.75, 3.05) is 13.2 Å². The Hall–Kier alpha value is -3.41. The number of carbonyl (C=O) groups is 3. The van der Waals surface area contributed by atoms with Crippen molar-refractivity contribution in [2.45, 2.75) is 354 Å². The van der Waals surface area contributed by atoms with Crippen LogP contribution in [0, 0.1) is 0 Å². The topological polar surface area (TPSA) is 78.9 Å². The highest BCUT2D eigenvalue weighted by atomic mass is 16.6. The van der Waals surface area contributed by atoms with Gasteiger partial charge in [-0.15, -0.1) is 0 Å². The van der Waals surface area contributed by atoms with Gasteiger partial charge in [-0.05, 0) is 70.6 Å². The molecule has 0 amide bonds. The number of rotatable bonds is 63. The van der Waals surface area contributed by atoms with Crippen LogP contribution in [-0.4, -0.2) is 37.2 Å². The maximum absolute atomic E-state index is 12.8. The maximum atomic E-state index is 12.8. The molecule has 0 spiro atoms. The van der Waals surface area contributed by atoms with E-state index in [0.717, 1.165) is 103 Å². The van der Waals surface area contributed by atoms with E-state index >= 15 is 0 Å². The summed E-state index contributed by atoms with van der Waals surface area (Å²) in [5.41, 5.74) is 0. The summed E-state index contributed by atoms with van der Waals surface area (Å²) in [5.74, 6) is -0.961. The standard InChI is InChI=1S/C74H130O6/c1-4-7-10-13-15-17-19-21-23-25-27-29-31-32-33-34-35-36-37-38-39-40-41-43-44-46-48-50-52-54-56-58-61-64-67-73(76)79-70-71(69-78-72(75)66-63-60-12-9-6-3)80-74(77)68-65-62-59-57-55-53-51-49-47-45-42-30-28-26-24-22-20-18-16-14-11-8-5-2/h8,11,16,18,22,24,28,30,45,47,51,53,57,59,71H,4-7,9-10,12-15,17,19-21,23,25-27,29,31-44,46,48-50,52,54-56,58,60-70H2,1-3H3/b11-8-,18-16-,24-22-,30-28-,47-45-,53-51-,59-57-. The van der Waals surface area contributed by atoms with E-state index in [4.69, 9.17) is 14.2 Å². The summed E-state index contributed by atoms with van der Waals surface area (Å²) in [7, 11) is 0. The molecule has 0 aliphatic rings. The van der Waals surface area contributed by atoms with Crippen molar-refractivity contribution in [3.05, 3.63) is 85.1 Å². The molecule has 462 valence electrons. The Morgan fingerprint density at radius 3 is 0.750 bits per heavy atom. The molecule has 1 atom stereocenters. The molecule has 0 saturated heterocycles. The fourth-order valence-electron chi connectivity index (χ4n) is 10.0. The van der Waals surface area contributed by atoms with Gasteiger partial charge in [0.15, 0.2) is 6.10 Å². The number of carbonyl (C=O) groups excluding carboxylic acids is 3. The first kappa shape index (κ1) is 76.6. The number of hydrogen-bond donors (Lipinski definition) is 0. The van der Waals surface area contributed by atoms with Gasteiger partial charge in [0, 0.05) is 19.3 Å². The van der Waals surface area contributed by atoms with Crippen molar-refractivity contribution < 1.29 is 28.6 Å². The molecule has 0 saturated carbocycles. The van der Waals surface area contributed by atoms with Crippen LogP contribution in [0.2, 0.25) is 0 Å². The van der Waals surface area contributed by atoms with Gasteiger partial charge in [-0.1, -0.05) is 343 Å². The molecule has 0 heterocycles. The maximum Gasteiger partial charge on any atom is 0.306 e. The zero-order valence-corrected chi connectivity index (χ0v) is 53.1. The van der Waals surface area contributed by atoms with E-state index in [1.54, 1.807) is 0 Å². The van der Waals surface area contributed by atoms with Crippen molar-refractivity contribution in [3.63, 3.8) is 0 Å². The van der Waals surface area contributed by atoms with Crippen LogP contribution in [0.1, 0.15) is 348 Å². The molecular weight excluding hydrogens is 985 g/mol. The molecule has 0 aromatic rings. The monoisotopic (exact) mass is 1110 g/mol. The summed E-state index contributed by atoms with van der Waals surface area (Å²) in [4.78, 5) is 37.9. The third kappa shape index (κ3) is 65.4. The summed E-state index contributed by atoms with van der Waals surface area (Å²) in [6.07, 6.45) is 91.2. The fraction of sp³-hybridized carbons (Fsp3) is 0.770. The molecule has 0 aromatic carbocycles. The Morgan fingerprint density at radius 2 is 0.487 bits per heavy atom. The first-order valence-corrected chi connectivity index (χ1v) is 34.6. The predicted molar refractivity (Wildman–Crippen MR) is 348 cm³/mol. The van der Waals surface area contributed by atoms with Gasteiger partial charge in [-0.3, -0.25) is 14.4 Å². The molecule has 0 radical (unpaired) electrons. The molecular formula is C74H130O6. The summed E-state index contributed by atoms with van der Waals surface area (Å²) in [6, 6.07) is 0. The van der Waals surface area contributed by atoms with E-state index in [1.165, 1.54) is 199 Å². The molecule has 80 heavy (non-hydrogen) atoms. The Bertz CT molecular complexity index is 1520. The zero-order valence-electron chi connectivity index (χ0n) is 53.1. The molecule has 0 fully saturated rings. The lowest BCUT2D eigenvalue weighted by Crippen LogP contribution is -2.30. The minimum absolute atomic E-state index is 0.0973. The van der Waals surface area contributed by atoms with Gasteiger partial charge >= 0.3 is 17.9 Å². The van der Waals surface area contributed by atoms with Gasteiger partial charge in [0.05, 0.1) is 0 Å². The Kier molecular flexibility index (Phi) is 65.2. The van der Waals surface area contributed by atoms with E-state index in [1.807, 2.05) is 0 Å². The number of hydrogen-bond acceptors (Lipinski definition) is 6. The normalized spacial score (nSPS) is 12.6. The number of ether oxygens (including phenoxy) is 3. The summed E-state index contributed by atoms with van der Waals surface area (Å²) in [5, 5.41) is 0. The SMILES string of the molecule is CC/C=C\C/C=C\C/C=C\C/C=C\C/C=C\C/C=C\C/C=C\CCCC(=O)OC(COC(=O)CCCCCCC)COC(=O)CCCCCCCCCCCCCCCCCCCCCCCCCCCCCCCCCCCC. The lowest BCUT2D eigenvalue weighted by atomic mass is 10.0. The third-order valence-corrected chi connectivity index (χ3v) is 15.2. The van der Waals surface area contributed by atoms with Crippen LogP contribution in [0.25, 0.3) is 0 Å². The average molecular weight is 1120 g/mol. The molecule has 0 aliphatic heterocycles. The highest BCUT2D eigenvalue weighted by molar-refractivity contribution is 5.71. The molecule has 0 N–H and O–H groups in total. The first-order chi connectivity index (χ1) is 39.5.